The third-order valence-corrected chi connectivity index (χ3v) is 6.90. The van der Waals surface area contributed by atoms with E-state index in [0.717, 1.165) is 56.4 Å². The second kappa shape index (κ2) is 10.9. The van der Waals surface area contributed by atoms with E-state index in [2.05, 4.69) is 4.90 Å². The summed E-state index contributed by atoms with van der Waals surface area (Å²) in [5.74, 6) is -0.0931. The van der Waals surface area contributed by atoms with Gasteiger partial charge in [0, 0.05) is 12.0 Å². The molecule has 4 rings (SSSR count). The number of likely N-dealkylation sites (tertiary alicyclic amines) is 1. The Morgan fingerprint density at radius 3 is 1.94 bits per heavy atom. The van der Waals surface area contributed by atoms with Crippen LogP contribution in [0.3, 0.4) is 0 Å². The molecule has 0 amide bonds. The van der Waals surface area contributed by atoms with Gasteiger partial charge in [-0.3, -0.25) is 4.79 Å². The van der Waals surface area contributed by atoms with E-state index >= 15 is 0 Å². The van der Waals surface area contributed by atoms with Crippen LogP contribution in [0, 0.1) is 11.7 Å². The predicted octanol–water partition coefficient (Wildman–Crippen LogP) is 5.83. The molecule has 1 aliphatic rings. The minimum Gasteiger partial charge on any atom is -0.380 e. The van der Waals surface area contributed by atoms with E-state index in [1.165, 1.54) is 12.1 Å². The van der Waals surface area contributed by atoms with Crippen LogP contribution >= 0.6 is 0 Å². The van der Waals surface area contributed by atoms with Crippen molar-refractivity contribution < 1.29 is 14.3 Å². The van der Waals surface area contributed by atoms with Crippen LogP contribution in [0.5, 0.6) is 0 Å². The predicted molar refractivity (Wildman–Crippen MR) is 130 cm³/mol. The average molecular weight is 446 g/mol. The van der Waals surface area contributed by atoms with Crippen LogP contribution in [0.1, 0.15) is 53.6 Å². The van der Waals surface area contributed by atoms with Crippen molar-refractivity contribution >= 4 is 5.78 Å². The molecule has 1 saturated heterocycles. The Bertz CT molecular complexity index is 973. The summed E-state index contributed by atoms with van der Waals surface area (Å²) in [6.45, 7) is 2.84. The number of nitrogens with zero attached hydrogens (tertiary/aromatic N) is 1. The lowest BCUT2D eigenvalue weighted by molar-refractivity contribution is -0.0143. The quantitative estimate of drug-likeness (QED) is 0.333. The molecule has 0 atom stereocenters. The van der Waals surface area contributed by atoms with Gasteiger partial charge in [-0.2, -0.15) is 0 Å². The highest BCUT2D eigenvalue weighted by molar-refractivity contribution is 5.95. The number of Topliss-reactive ketones (excluding diaryl/α,β-unsaturated/α-hetero) is 1. The summed E-state index contributed by atoms with van der Waals surface area (Å²) in [6.07, 6.45) is 4.13. The van der Waals surface area contributed by atoms with Crippen LogP contribution in [0.15, 0.2) is 84.9 Å². The second-order valence-electron chi connectivity index (χ2n) is 9.00. The molecule has 3 aromatic carbocycles. The first kappa shape index (κ1) is 23.3. The maximum absolute atomic E-state index is 13.0. The lowest BCUT2D eigenvalue weighted by atomic mass is 9.72. The van der Waals surface area contributed by atoms with Crippen LogP contribution in [0.4, 0.5) is 4.39 Å². The largest absolute Gasteiger partial charge is 0.380 e. The van der Waals surface area contributed by atoms with Crippen molar-refractivity contribution in [1.82, 2.24) is 4.90 Å². The van der Waals surface area contributed by atoms with Gasteiger partial charge in [0.2, 0.25) is 0 Å². The van der Waals surface area contributed by atoms with Crippen molar-refractivity contribution in [1.29, 1.82) is 0 Å². The smallest absolute Gasteiger partial charge is 0.162 e. The molecule has 1 N–H and O–H groups in total. The molecule has 3 nitrogen and oxygen atoms in total. The normalized spacial score (nSPS) is 15.5. The molecule has 4 heteroatoms. The van der Waals surface area contributed by atoms with Crippen molar-refractivity contribution in [2.75, 3.05) is 19.6 Å². The number of unbranched alkanes of at least 4 members (excludes halogenated alkanes) is 1. The zero-order chi connectivity index (χ0) is 23.1. The number of hydrogen-bond donors (Lipinski definition) is 1. The molecule has 0 radical (unpaired) electrons. The molecule has 1 heterocycles. The second-order valence-corrected chi connectivity index (χ2v) is 9.00. The standard InChI is InChI=1S/C29H32FNO2/c30-27-16-14-23(15-17-27)28(32)13-7-8-20-31-21-18-26(19-22-31)29(33,24-9-3-1-4-10-24)25-11-5-2-6-12-25/h1-6,9-12,14-17,26,33H,7-8,13,18-22H2. The van der Waals surface area contributed by atoms with Gasteiger partial charge in [-0.05, 0) is 86.6 Å². The number of ketones is 1. The van der Waals surface area contributed by atoms with Gasteiger partial charge in [0.25, 0.3) is 0 Å². The Kier molecular flexibility index (Phi) is 7.69. The first-order valence-corrected chi connectivity index (χ1v) is 11.9. The summed E-state index contributed by atoms with van der Waals surface area (Å²) in [5.41, 5.74) is 1.50. The third kappa shape index (κ3) is 5.58. The highest BCUT2D eigenvalue weighted by atomic mass is 19.1. The maximum atomic E-state index is 13.0. The van der Waals surface area contributed by atoms with Crippen LogP contribution in [0.25, 0.3) is 0 Å². The molecule has 33 heavy (non-hydrogen) atoms. The van der Waals surface area contributed by atoms with Gasteiger partial charge in [-0.1, -0.05) is 60.7 Å². The van der Waals surface area contributed by atoms with Gasteiger partial charge in [-0.15, -0.1) is 0 Å². The Morgan fingerprint density at radius 2 is 1.39 bits per heavy atom. The molecule has 1 aliphatic heterocycles. The number of aliphatic hydroxyl groups is 1. The van der Waals surface area contributed by atoms with E-state index in [-0.39, 0.29) is 17.5 Å². The van der Waals surface area contributed by atoms with Gasteiger partial charge >= 0.3 is 0 Å². The molecular weight excluding hydrogens is 413 g/mol. The number of benzene rings is 3. The van der Waals surface area contributed by atoms with Crippen molar-refractivity contribution in [2.24, 2.45) is 5.92 Å². The van der Waals surface area contributed by atoms with E-state index < -0.39 is 5.60 Å². The molecule has 3 aromatic rings. The Morgan fingerprint density at radius 1 is 0.848 bits per heavy atom. The maximum Gasteiger partial charge on any atom is 0.162 e. The number of carbonyl (C=O) groups excluding carboxylic acids is 1. The van der Waals surface area contributed by atoms with E-state index in [0.29, 0.717) is 12.0 Å². The summed E-state index contributed by atoms with van der Waals surface area (Å²) in [4.78, 5) is 14.7. The van der Waals surface area contributed by atoms with Crippen molar-refractivity contribution in [3.63, 3.8) is 0 Å². The van der Waals surface area contributed by atoms with Crippen molar-refractivity contribution in [3.8, 4) is 0 Å². The summed E-state index contributed by atoms with van der Waals surface area (Å²) < 4.78 is 13.0. The Labute approximate surface area is 195 Å². The Hall–Kier alpha value is -2.82. The molecule has 1 fully saturated rings. The molecule has 0 aromatic heterocycles. The lowest BCUT2D eigenvalue weighted by Gasteiger charge is -2.42. The number of halogens is 1. The first-order valence-electron chi connectivity index (χ1n) is 11.9. The van der Waals surface area contributed by atoms with E-state index in [9.17, 15) is 14.3 Å². The van der Waals surface area contributed by atoms with Crippen molar-refractivity contribution in [2.45, 2.75) is 37.7 Å². The average Bonchev–Trinajstić information content (AvgIpc) is 2.88. The molecule has 0 aliphatic carbocycles. The van der Waals surface area contributed by atoms with Gasteiger partial charge < -0.3 is 10.0 Å². The zero-order valence-electron chi connectivity index (χ0n) is 19.0. The monoisotopic (exact) mass is 445 g/mol. The topological polar surface area (TPSA) is 40.5 Å². The number of piperidine rings is 1. The SMILES string of the molecule is O=C(CCCCN1CCC(C(O)(c2ccccc2)c2ccccc2)CC1)c1ccc(F)cc1. The van der Waals surface area contributed by atoms with Gasteiger partial charge in [0.05, 0.1) is 0 Å². The van der Waals surface area contributed by atoms with Crippen LogP contribution in [-0.2, 0) is 5.60 Å². The summed E-state index contributed by atoms with van der Waals surface area (Å²) in [7, 11) is 0. The minimum atomic E-state index is -0.990. The fourth-order valence-corrected chi connectivity index (χ4v) is 5.00. The van der Waals surface area contributed by atoms with Gasteiger partial charge in [0.15, 0.2) is 5.78 Å². The summed E-state index contributed by atoms with van der Waals surface area (Å²) in [6, 6.07) is 25.8. The fourth-order valence-electron chi connectivity index (χ4n) is 5.00. The Balaban J connectivity index is 1.30. The van der Waals surface area contributed by atoms with E-state index in [1.54, 1.807) is 12.1 Å². The first-order chi connectivity index (χ1) is 16.1. The number of rotatable bonds is 9. The minimum absolute atomic E-state index is 0.0736. The molecule has 172 valence electrons. The van der Waals surface area contributed by atoms with E-state index in [4.69, 9.17) is 0 Å². The van der Waals surface area contributed by atoms with Gasteiger partial charge in [0.1, 0.15) is 11.4 Å². The molecule has 0 unspecified atom stereocenters. The molecular formula is C29H32FNO2. The van der Waals surface area contributed by atoms with Gasteiger partial charge in [-0.25, -0.2) is 4.39 Å². The third-order valence-electron chi connectivity index (χ3n) is 6.90. The highest BCUT2D eigenvalue weighted by Crippen LogP contribution is 2.41. The number of hydrogen-bond acceptors (Lipinski definition) is 3. The fraction of sp³-hybridized carbons (Fsp3) is 0.345. The van der Waals surface area contributed by atoms with Crippen LogP contribution < -0.4 is 0 Å². The lowest BCUT2D eigenvalue weighted by Crippen LogP contribution is -2.44. The van der Waals surface area contributed by atoms with Crippen LogP contribution in [0.2, 0.25) is 0 Å². The molecule has 0 bridgehead atoms. The summed E-state index contributed by atoms with van der Waals surface area (Å²) >= 11 is 0. The van der Waals surface area contributed by atoms with Crippen LogP contribution in [-0.4, -0.2) is 35.4 Å². The molecule has 0 spiro atoms. The molecule has 0 saturated carbocycles. The highest BCUT2D eigenvalue weighted by Gasteiger charge is 2.41. The van der Waals surface area contributed by atoms with E-state index in [1.807, 2.05) is 60.7 Å². The number of carbonyl (C=O) groups is 1. The van der Waals surface area contributed by atoms with Crippen molar-refractivity contribution in [3.05, 3.63) is 107 Å². The summed E-state index contributed by atoms with van der Waals surface area (Å²) in [5, 5.41) is 12.0. The zero-order valence-corrected chi connectivity index (χ0v) is 19.0.